The van der Waals surface area contributed by atoms with E-state index in [9.17, 15) is 30.8 Å². The van der Waals surface area contributed by atoms with Gasteiger partial charge in [0.15, 0.2) is 0 Å². The monoisotopic (exact) mass is 368 g/mol. The molecule has 0 saturated carbocycles. The van der Waals surface area contributed by atoms with Crippen LogP contribution in [-0.4, -0.2) is 39.0 Å². The van der Waals surface area contributed by atoms with E-state index in [1.807, 2.05) is 0 Å². The first-order valence-corrected chi connectivity index (χ1v) is 8.63. The number of hydrogen-bond donors (Lipinski definition) is 1. The second-order valence-electron chi connectivity index (χ2n) is 5.52. The zero-order valence-corrected chi connectivity index (χ0v) is 13.5. The first kappa shape index (κ1) is 18.5. The van der Waals surface area contributed by atoms with Gasteiger partial charge in [-0.25, -0.2) is 12.8 Å². The highest BCUT2D eigenvalue weighted by Crippen LogP contribution is 2.37. The van der Waals surface area contributed by atoms with E-state index in [-0.39, 0.29) is 30.7 Å². The van der Waals surface area contributed by atoms with Crippen LogP contribution in [0.5, 0.6) is 0 Å². The van der Waals surface area contributed by atoms with Crippen molar-refractivity contribution in [2.75, 3.05) is 18.0 Å². The van der Waals surface area contributed by atoms with Crippen LogP contribution >= 0.6 is 0 Å². The Balaban J connectivity index is 2.31. The van der Waals surface area contributed by atoms with Gasteiger partial charge in [-0.1, -0.05) is 0 Å². The second-order valence-corrected chi connectivity index (χ2v) is 7.43. The van der Waals surface area contributed by atoms with Crippen LogP contribution in [0.4, 0.5) is 23.2 Å². The molecule has 1 heterocycles. The number of rotatable bonds is 3. The molecule has 0 radical (unpaired) electrons. The van der Waals surface area contributed by atoms with E-state index < -0.39 is 26.1 Å². The summed E-state index contributed by atoms with van der Waals surface area (Å²) in [6.45, 7) is 1.86. The van der Waals surface area contributed by atoms with Gasteiger partial charge in [0.2, 0.25) is 5.91 Å². The molecule has 0 unspecified atom stereocenters. The first-order chi connectivity index (χ1) is 11.0. The zero-order chi connectivity index (χ0) is 18.1. The van der Waals surface area contributed by atoms with Crippen molar-refractivity contribution >= 4 is 21.4 Å². The number of sulfone groups is 1. The number of amides is 1. The quantitative estimate of drug-likeness (QED) is 0.831. The lowest BCUT2D eigenvalue weighted by molar-refractivity contribution is -0.119. The molecule has 2 rings (SSSR count). The van der Waals surface area contributed by atoms with Crippen molar-refractivity contribution in [1.82, 2.24) is 5.32 Å². The fourth-order valence-electron chi connectivity index (χ4n) is 2.64. The summed E-state index contributed by atoms with van der Waals surface area (Å²) in [5.74, 6) is -1.27. The SMILES string of the molecule is CC(=O)NC1CCN(c2ccc(F)cc2S(=O)(=O)C(F)(F)F)CC1. The van der Waals surface area contributed by atoms with Gasteiger partial charge in [0, 0.05) is 26.1 Å². The minimum atomic E-state index is -5.66. The standard InChI is InChI=1S/C14H16F4N2O3S/c1-9(21)19-11-4-6-20(7-5-11)12-3-2-10(15)8-13(12)24(22,23)14(16,17)18/h2-3,8,11H,4-7H2,1H3,(H,19,21). The zero-order valence-electron chi connectivity index (χ0n) is 12.7. The maximum absolute atomic E-state index is 13.3. The van der Waals surface area contributed by atoms with Crippen LogP contribution in [0.25, 0.3) is 0 Å². The molecule has 1 fully saturated rings. The molecule has 1 aliphatic rings. The number of alkyl halides is 3. The van der Waals surface area contributed by atoms with Crippen LogP contribution in [0, 0.1) is 5.82 Å². The molecule has 5 nitrogen and oxygen atoms in total. The molecule has 1 aromatic carbocycles. The lowest BCUT2D eigenvalue weighted by Gasteiger charge is -2.34. The van der Waals surface area contributed by atoms with Crippen LogP contribution in [0.3, 0.4) is 0 Å². The van der Waals surface area contributed by atoms with Crippen molar-refractivity contribution in [3.05, 3.63) is 24.0 Å². The molecule has 134 valence electrons. The van der Waals surface area contributed by atoms with Crippen LogP contribution < -0.4 is 10.2 Å². The summed E-state index contributed by atoms with van der Waals surface area (Å²) in [6, 6.07) is 2.22. The van der Waals surface area contributed by atoms with Gasteiger partial charge in [0.05, 0.1) is 5.69 Å². The van der Waals surface area contributed by atoms with Crippen LogP contribution in [0.2, 0.25) is 0 Å². The Morgan fingerprint density at radius 1 is 1.25 bits per heavy atom. The fraction of sp³-hybridized carbons (Fsp3) is 0.500. The highest BCUT2D eigenvalue weighted by atomic mass is 32.2. The van der Waals surface area contributed by atoms with Crippen LogP contribution in [0.15, 0.2) is 23.1 Å². The lowest BCUT2D eigenvalue weighted by atomic mass is 10.0. The van der Waals surface area contributed by atoms with Crippen molar-refractivity contribution in [3.63, 3.8) is 0 Å². The van der Waals surface area contributed by atoms with E-state index in [4.69, 9.17) is 0 Å². The van der Waals surface area contributed by atoms with Gasteiger partial charge in [-0.15, -0.1) is 0 Å². The maximum atomic E-state index is 13.3. The predicted octanol–water partition coefficient (Wildman–Crippen LogP) is 2.22. The molecule has 1 amide bonds. The predicted molar refractivity (Wildman–Crippen MR) is 78.7 cm³/mol. The number of carbonyl (C=O) groups is 1. The topological polar surface area (TPSA) is 66.5 Å². The number of benzene rings is 1. The molecule has 24 heavy (non-hydrogen) atoms. The number of halogens is 4. The molecule has 1 N–H and O–H groups in total. The van der Waals surface area contributed by atoms with Gasteiger partial charge in [0.25, 0.3) is 9.84 Å². The molecule has 1 aliphatic heterocycles. The first-order valence-electron chi connectivity index (χ1n) is 7.15. The average molecular weight is 368 g/mol. The van der Waals surface area contributed by atoms with E-state index >= 15 is 0 Å². The Hall–Kier alpha value is -1.84. The van der Waals surface area contributed by atoms with Crippen molar-refractivity contribution in [2.45, 2.75) is 36.2 Å². The largest absolute Gasteiger partial charge is 0.501 e. The molecule has 0 atom stereocenters. The van der Waals surface area contributed by atoms with Crippen molar-refractivity contribution in [1.29, 1.82) is 0 Å². The van der Waals surface area contributed by atoms with Crippen molar-refractivity contribution < 1.29 is 30.8 Å². The Bertz CT molecular complexity index is 726. The number of piperidine rings is 1. The number of anilines is 1. The minimum absolute atomic E-state index is 0.123. The summed E-state index contributed by atoms with van der Waals surface area (Å²) in [5.41, 5.74) is -5.70. The Kier molecular flexibility index (Phi) is 5.07. The van der Waals surface area contributed by atoms with E-state index in [1.54, 1.807) is 0 Å². The number of hydrogen-bond acceptors (Lipinski definition) is 4. The summed E-state index contributed by atoms with van der Waals surface area (Å²) < 4.78 is 75.2. The highest BCUT2D eigenvalue weighted by molar-refractivity contribution is 7.92. The molecule has 1 aromatic rings. The molecular formula is C14H16F4N2O3S. The van der Waals surface area contributed by atoms with Gasteiger partial charge in [0.1, 0.15) is 10.7 Å². The van der Waals surface area contributed by atoms with Crippen LogP contribution in [-0.2, 0) is 14.6 Å². The summed E-state index contributed by atoms with van der Waals surface area (Å²) in [6.07, 6.45) is 0.894. The van der Waals surface area contributed by atoms with E-state index in [0.29, 0.717) is 18.9 Å². The number of nitrogens with one attached hydrogen (secondary N) is 1. The number of carbonyl (C=O) groups excluding carboxylic acids is 1. The van der Waals surface area contributed by atoms with Gasteiger partial charge in [-0.3, -0.25) is 4.79 Å². The molecule has 0 aliphatic carbocycles. The highest BCUT2D eigenvalue weighted by Gasteiger charge is 2.48. The third kappa shape index (κ3) is 3.80. The third-order valence-electron chi connectivity index (χ3n) is 3.76. The summed E-state index contributed by atoms with van der Waals surface area (Å²) in [5, 5.41) is 2.71. The van der Waals surface area contributed by atoms with E-state index in [2.05, 4.69) is 5.32 Å². The second kappa shape index (κ2) is 6.58. The minimum Gasteiger partial charge on any atom is -0.370 e. The Labute approximate surface area is 136 Å². The summed E-state index contributed by atoms with van der Waals surface area (Å²) in [7, 11) is -5.66. The van der Waals surface area contributed by atoms with Gasteiger partial charge in [-0.2, -0.15) is 13.2 Å². The van der Waals surface area contributed by atoms with Crippen molar-refractivity contribution in [3.8, 4) is 0 Å². The third-order valence-corrected chi connectivity index (χ3v) is 5.27. The van der Waals surface area contributed by atoms with E-state index in [1.165, 1.54) is 11.8 Å². The molecule has 0 bridgehead atoms. The normalized spacial score (nSPS) is 17.0. The molecular weight excluding hydrogens is 352 g/mol. The Morgan fingerprint density at radius 2 is 1.83 bits per heavy atom. The summed E-state index contributed by atoms with van der Waals surface area (Å²) >= 11 is 0. The van der Waals surface area contributed by atoms with E-state index in [0.717, 1.165) is 12.1 Å². The van der Waals surface area contributed by atoms with Crippen molar-refractivity contribution in [2.24, 2.45) is 0 Å². The summed E-state index contributed by atoms with van der Waals surface area (Å²) in [4.78, 5) is 11.4. The maximum Gasteiger partial charge on any atom is 0.501 e. The molecule has 1 saturated heterocycles. The van der Waals surface area contributed by atoms with Gasteiger partial charge >= 0.3 is 5.51 Å². The molecule has 10 heteroatoms. The van der Waals surface area contributed by atoms with Crippen LogP contribution in [0.1, 0.15) is 19.8 Å². The van der Waals surface area contributed by atoms with Gasteiger partial charge in [-0.05, 0) is 31.0 Å². The smallest absolute Gasteiger partial charge is 0.370 e. The number of nitrogens with zero attached hydrogens (tertiary/aromatic N) is 1. The van der Waals surface area contributed by atoms with Gasteiger partial charge < -0.3 is 10.2 Å². The molecule has 0 aromatic heterocycles. The average Bonchev–Trinajstić information content (AvgIpc) is 2.46. The fourth-order valence-corrected chi connectivity index (χ4v) is 3.63. The lowest BCUT2D eigenvalue weighted by Crippen LogP contribution is -2.44. The Morgan fingerprint density at radius 3 is 2.33 bits per heavy atom. The molecule has 0 spiro atoms.